The van der Waals surface area contributed by atoms with Crippen LogP contribution in [0.4, 0.5) is 0 Å². The summed E-state index contributed by atoms with van der Waals surface area (Å²) in [5.41, 5.74) is 6.00. The first kappa shape index (κ1) is 21.6. The van der Waals surface area contributed by atoms with Crippen LogP contribution in [-0.4, -0.2) is 19.2 Å². The van der Waals surface area contributed by atoms with E-state index in [1.54, 1.807) is 43.5 Å². The summed E-state index contributed by atoms with van der Waals surface area (Å²) in [5.74, 6) is -0.249. The molecule has 0 bridgehead atoms. The molecule has 3 aromatic carbocycles. The molecule has 1 amide bonds. The van der Waals surface area contributed by atoms with Crippen LogP contribution in [0.25, 0.3) is 0 Å². The van der Waals surface area contributed by atoms with E-state index in [-0.39, 0.29) is 0 Å². The smallest absolute Gasteiger partial charge is 0.261 e. The normalized spacial score (nSPS) is 11.5. The van der Waals surface area contributed by atoms with Crippen LogP contribution in [0.3, 0.4) is 0 Å². The van der Waals surface area contributed by atoms with Gasteiger partial charge in [0.25, 0.3) is 5.91 Å². The molecule has 0 saturated heterocycles. The molecule has 6 heteroatoms. The van der Waals surface area contributed by atoms with Gasteiger partial charge in [0, 0.05) is 0 Å². The van der Waals surface area contributed by atoms with Crippen molar-refractivity contribution in [2.24, 2.45) is 5.10 Å². The largest absolute Gasteiger partial charge is 0.493 e. The number of carbonyl (C=O) groups is 1. The van der Waals surface area contributed by atoms with Gasteiger partial charge in [-0.15, -0.1) is 0 Å². The van der Waals surface area contributed by atoms with Gasteiger partial charge in [-0.3, -0.25) is 4.79 Å². The zero-order valence-corrected chi connectivity index (χ0v) is 17.4. The Morgan fingerprint density at radius 2 is 1.90 bits per heavy atom. The van der Waals surface area contributed by atoms with Gasteiger partial charge in [-0.05, 0) is 41.8 Å². The van der Waals surface area contributed by atoms with Gasteiger partial charge in [0.15, 0.2) is 17.4 Å². The Morgan fingerprint density at radius 3 is 2.61 bits per heavy atom. The van der Waals surface area contributed by atoms with E-state index in [2.05, 4.69) is 16.6 Å². The molecule has 0 spiro atoms. The van der Waals surface area contributed by atoms with E-state index in [1.165, 1.54) is 11.8 Å². The maximum atomic E-state index is 12.3. The molecule has 1 N–H and O–H groups in total. The van der Waals surface area contributed by atoms with E-state index in [0.717, 1.165) is 5.56 Å². The number of nitrogens with one attached hydrogen (secondary N) is 1. The third-order valence-electron chi connectivity index (χ3n) is 4.58. The highest BCUT2D eigenvalue weighted by molar-refractivity contribution is 5.88. The maximum absolute atomic E-state index is 12.3. The van der Waals surface area contributed by atoms with Crippen molar-refractivity contribution in [3.05, 3.63) is 95.1 Å². The molecule has 1 atom stereocenters. The van der Waals surface area contributed by atoms with E-state index >= 15 is 0 Å². The first-order valence-corrected chi connectivity index (χ1v) is 9.74. The summed E-state index contributed by atoms with van der Waals surface area (Å²) in [5, 5.41) is 13.3. The molecule has 156 valence electrons. The van der Waals surface area contributed by atoms with Gasteiger partial charge in [-0.1, -0.05) is 60.2 Å². The lowest BCUT2D eigenvalue weighted by atomic mass is 10.0. The predicted molar refractivity (Wildman–Crippen MR) is 119 cm³/mol. The Kier molecular flexibility index (Phi) is 7.39. The highest BCUT2D eigenvalue weighted by Crippen LogP contribution is 2.28. The minimum atomic E-state index is -0.926. The van der Waals surface area contributed by atoms with Crippen LogP contribution in [0.15, 0.2) is 77.9 Å². The maximum Gasteiger partial charge on any atom is 0.261 e. The average Bonchev–Trinajstić information content (AvgIpc) is 2.79. The molecule has 6 nitrogen and oxygen atoms in total. The molecule has 0 fully saturated rings. The molecule has 0 aliphatic rings. The summed E-state index contributed by atoms with van der Waals surface area (Å²) in [4.78, 5) is 12.3. The highest BCUT2D eigenvalue weighted by atomic mass is 16.5. The second-order valence-corrected chi connectivity index (χ2v) is 6.90. The first-order chi connectivity index (χ1) is 15.1. The summed E-state index contributed by atoms with van der Waals surface area (Å²) < 4.78 is 11.3. The Hall–Kier alpha value is -4.11. The Labute approximate surface area is 181 Å². The third kappa shape index (κ3) is 5.94. The number of amides is 1. The molecule has 3 rings (SSSR count). The molecule has 0 heterocycles. The van der Waals surface area contributed by atoms with E-state index in [0.29, 0.717) is 29.2 Å². The number of hydrogen-bond donors (Lipinski definition) is 1. The number of benzene rings is 3. The van der Waals surface area contributed by atoms with Gasteiger partial charge < -0.3 is 9.47 Å². The van der Waals surface area contributed by atoms with Crippen LogP contribution in [0.2, 0.25) is 0 Å². The molecule has 0 radical (unpaired) electrons. The lowest BCUT2D eigenvalue weighted by Crippen LogP contribution is -2.24. The second kappa shape index (κ2) is 10.6. The summed E-state index contributed by atoms with van der Waals surface area (Å²) in [7, 11) is 1.56. The van der Waals surface area contributed by atoms with E-state index < -0.39 is 11.8 Å². The van der Waals surface area contributed by atoms with Crippen LogP contribution in [-0.2, 0) is 11.4 Å². The zero-order valence-electron chi connectivity index (χ0n) is 17.4. The van der Waals surface area contributed by atoms with Gasteiger partial charge in [-0.25, -0.2) is 5.43 Å². The second-order valence-electron chi connectivity index (χ2n) is 6.90. The van der Waals surface area contributed by atoms with Crippen molar-refractivity contribution < 1.29 is 14.3 Å². The quantitative estimate of drug-likeness (QED) is 0.440. The van der Waals surface area contributed by atoms with Crippen molar-refractivity contribution in [3.63, 3.8) is 0 Å². The number of hydrazone groups is 1. The van der Waals surface area contributed by atoms with Crippen molar-refractivity contribution in [2.75, 3.05) is 7.11 Å². The molecule has 31 heavy (non-hydrogen) atoms. The van der Waals surface area contributed by atoms with Crippen molar-refractivity contribution >= 4 is 12.1 Å². The van der Waals surface area contributed by atoms with Crippen molar-refractivity contribution in [1.29, 1.82) is 5.26 Å². The fourth-order valence-corrected chi connectivity index (χ4v) is 3.01. The van der Waals surface area contributed by atoms with Gasteiger partial charge in [-0.2, -0.15) is 10.4 Å². The number of ether oxygens (including phenoxy) is 2. The van der Waals surface area contributed by atoms with Crippen molar-refractivity contribution in [3.8, 4) is 17.6 Å². The Bertz CT molecular complexity index is 1100. The fraction of sp³-hybridized carbons (Fsp3) is 0.160. The van der Waals surface area contributed by atoms with Crippen LogP contribution in [0.1, 0.15) is 28.2 Å². The van der Waals surface area contributed by atoms with Crippen LogP contribution < -0.4 is 14.9 Å². The number of nitrogens with zero attached hydrogens (tertiary/aromatic N) is 2. The number of nitriles is 1. The number of rotatable bonds is 8. The monoisotopic (exact) mass is 413 g/mol. The van der Waals surface area contributed by atoms with E-state index in [4.69, 9.17) is 9.47 Å². The van der Waals surface area contributed by atoms with E-state index in [9.17, 15) is 10.1 Å². The molecule has 0 saturated carbocycles. The van der Waals surface area contributed by atoms with Gasteiger partial charge in [0.1, 0.15) is 6.61 Å². The minimum absolute atomic E-state index is 0.427. The number of methoxy groups -OCH3 is 1. The number of carbonyl (C=O) groups excluding carboxylic acids is 1. The van der Waals surface area contributed by atoms with Crippen molar-refractivity contribution in [1.82, 2.24) is 5.43 Å². The molecular formula is C25H23N3O3. The highest BCUT2D eigenvalue weighted by Gasteiger charge is 2.19. The summed E-state index contributed by atoms with van der Waals surface area (Å²) in [6.45, 7) is 2.46. The average molecular weight is 413 g/mol. The minimum Gasteiger partial charge on any atom is -0.493 e. The van der Waals surface area contributed by atoms with E-state index in [1.807, 2.05) is 43.3 Å². The Morgan fingerprint density at radius 1 is 1.10 bits per heavy atom. The molecular weight excluding hydrogens is 390 g/mol. The third-order valence-corrected chi connectivity index (χ3v) is 4.58. The van der Waals surface area contributed by atoms with Crippen LogP contribution in [0, 0.1) is 18.3 Å². The standard InChI is InChI=1S/C25H23N3O3/c1-18-7-6-8-20(13-18)17-31-23-12-11-19(14-24(23)30-2)16-27-28-25(29)22(15-26)21-9-4-3-5-10-21/h3-14,16,22H,17H2,1-2H3,(H,28,29)/b27-16-/t22-/m0/s1. The molecule has 0 aliphatic carbocycles. The van der Waals surface area contributed by atoms with Crippen LogP contribution >= 0.6 is 0 Å². The SMILES string of the molecule is COc1cc(/C=N\NC(=O)[C@@H](C#N)c2ccccc2)ccc1OCc1cccc(C)c1. The predicted octanol–water partition coefficient (Wildman–Crippen LogP) is 4.34. The molecule has 0 aromatic heterocycles. The van der Waals surface area contributed by atoms with Gasteiger partial charge >= 0.3 is 0 Å². The molecule has 0 unspecified atom stereocenters. The first-order valence-electron chi connectivity index (χ1n) is 9.74. The lowest BCUT2D eigenvalue weighted by Gasteiger charge is -2.12. The molecule has 0 aliphatic heterocycles. The zero-order chi connectivity index (χ0) is 22.1. The van der Waals surface area contributed by atoms with Crippen molar-refractivity contribution in [2.45, 2.75) is 19.4 Å². The Balaban J connectivity index is 1.63. The fourth-order valence-electron chi connectivity index (χ4n) is 3.01. The summed E-state index contributed by atoms with van der Waals surface area (Å²) in [6.07, 6.45) is 1.49. The van der Waals surface area contributed by atoms with Crippen LogP contribution in [0.5, 0.6) is 11.5 Å². The van der Waals surface area contributed by atoms with Gasteiger partial charge in [0.05, 0.1) is 19.4 Å². The summed E-state index contributed by atoms with van der Waals surface area (Å²) >= 11 is 0. The number of hydrogen-bond acceptors (Lipinski definition) is 5. The summed E-state index contributed by atoms with van der Waals surface area (Å²) in [6, 6.07) is 24.3. The lowest BCUT2D eigenvalue weighted by molar-refractivity contribution is -0.121. The molecule has 3 aromatic rings. The number of aryl methyl sites for hydroxylation is 1. The topological polar surface area (TPSA) is 83.7 Å². The van der Waals surface area contributed by atoms with Gasteiger partial charge in [0.2, 0.25) is 0 Å².